The van der Waals surface area contributed by atoms with Crippen molar-refractivity contribution in [2.45, 2.75) is 0 Å². The van der Waals surface area contributed by atoms with E-state index < -0.39 is 11.9 Å². The van der Waals surface area contributed by atoms with E-state index >= 15 is 0 Å². The van der Waals surface area contributed by atoms with Gasteiger partial charge in [-0.3, -0.25) is 0 Å². The van der Waals surface area contributed by atoms with Crippen LogP contribution in [0.5, 0.6) is 0 Å². The van der Waals surface area contributed by atoms with Gasteiger partial charge in [0.1, 0.15) is 0 Å². The molecule has 0 saturated carbocycles. The molecule has 30 heavy (non-hydrogen) atoms. The first-order valence-corrected chi connectivity index (χ1v) is 9.40. The van der Waals surface area contributed by atoms with Crippen molar-refractivity contribution in [3.63, 3.8) is 0 Å². The van der Waals surface area contributed by atoms with Crippen LogP contribution in [0.15, 0.2) is 72.8 Å². The van der Waals surface area contributed by atoms with Crippen LogP contribution in [-0.4, -0.2) is 38.3 Å². The molecule has 0 aliphatic carbocycles. The summed E-state index contributed by atoms with van der Waals surface area (Å²) in [6, 6.07) is 22.0. The fraction of sp³-hybridized carbons (Fsp3) is 0.120. The lowest BCUT2D eigenvalue weighted by Crippen LogP contribution is -2.07. The van der Waals surface area contributed by atoms with E-state index in [1.807, 2.05) is 61.5 Å². The molecule has 0 saturated heterocycles. The average molecular weight is 401 g/mol. The third-order valence-corrected chi connectivity index (χ3v) is 4.78. The molecule has 0 bridgehead atoms. The molecule has 1 N–H and O–H groups in total. The highest BCUT2D eigenvalue weighted by Gasteiger charge is 2.10. The molecule has 5 nitrogen and oxygen atoms in total. The van der Waals surface area contributed by atoms with Gasteiger partial charge in [0, 0.05) is 19.8 Å². The molecule has 0 aliphatic heterocycles. The van der Waals surface area contributed by atoms with Gasteiger partial charge < -0.3 is 14.7 Å². The van der Waals surface area contributed by atoms with Crippen molar-refractivity contribution in [3.8, 4) is 0 Å². The summed E-state index contributed by atoms with van der Waals surface area (Å²) in [6.45, 7) is 0. The number of aromatic carboxylic acids is 1. The van der Waals surface area contributed by atoms with E-state index in [2.05, 4.69) is 0 Å². The summed E-state index contributed by atoms with van der Waals surface area (Å²) in [5, 5.41) is 9.18. The monoisotopic (exact) mass is 401 g/mol. The quantitative estimate of drug-likeness (QED) is 0.474. The summed E-state index contributed by atoms with van der Waals surface area (Å²) in [5.74, 6) is -1.36. The van der Waals surface area contributed by atoms with Gasteiger partial charge in [-0.05, 0) is 64.7 Å². The molecule has 0 radical (unpaired) electrons. The van der Waals surface area contributed by atoms with Crippen molar-refractivity contribution < 1.29 is 19.4 Å². The molecule has 0 aliphatic rings. The Labute approximate surface area is 175 Å². The minimum Gasteiger partial charge on any atom is -0.478 e. The topological polar surface area (TPSA) is 66.8 Å². The third kappa shape index (κ3) is 4.75. The van der Waals surface area contributed by atoms with Gasteiger partial charge in [0.2, 0.25) is 0 Å². The summed E-state index contributed by atoms with van der Waals surface area (Å²) in [6.07, 6.45) is 2.04. The van der Waals surface area contributed by atoms with Crippen LogP contribution in [0.1, 0.15) is 37.4 Å². The van der Waals surface area contributed by atoms with Gasteiger partial charge in [-0.25, -0.2) is 9.59 Å². The molecule has 0 amide bonds. The van der Waals surface area contributed by atoms with E-state index in [1.165, 1.54) is 7.11 Å². The number of carbonyl (C=O) groups excluding carboxylic acids is 1. The fourth-order valence-corrected chi connectivity index (χ4v) is 3.06. The smallest absolute Gasteiger partial charge is 0.337 e. The number of nitrogens with zero attached hydrogens (tertiary/aromatic N) is 1. The maximum atomic E-state index is 11.7. The SMILES string of the molecule is COC(=O)c1ccc(C(=Cc2ccc(N(C)C)cc2)c2ccc(C(=O)O)cc2)cc1. The van der Waals surface area contributed by atoms with E-state index in [0.717, 1.165) is 28.0 Å². The van der Waals surface area contributed by atoms with Crippen LogP contribution in [0.3, 0.4) is 0 Å². The summed E-state index contributed by atoms with van der Waals surface area (Å²) in [5.41, 5.74) is 5.51. The maximum Gasteiger partial charge on any atom is 0.337 e. The van der Waals surface area contributed by atoms with Crippen LogP contribution >= 0.6 is 0 Å². The van der Waals surface area contributed by atoms with Crippen LogP contribution in [0, 0.1) is 0 Å². The largest absolute Gasteiger partial charge is 0.478 e. The molecule has 0 unspecified atom stereocenters. The zero-order valence-corrected chi connectivity index (χ0v) is 17.1. The normalized spacial score (nSPS) is 11.1. The first kappa shape index (κ1) is 20.9. The van der Waals surface area contributed by atoms with Crippen LogP contribution < -0.4 is 4.90 Å². The Hall–Kier alpha value is -3.86. The number of hydrogen-bond donors (Lipinski definition) is 1. The summed E-state index contributed by atoms with van der Waals surface area (Å²) < 4.78 is 4.77. The van der Waals surface area contributed by atoms with Crippen molar-refractivity contribution in [1.29, 1.82) is 0 Å². The van der Waals surface area contributed by atoms with Gasteiger partial charge in [-0.1, -0.05) is 36.4 Å². The van der Waals surface area contributed by atoms with E-state index in [9.17, 15) is 14.7 Å². The highest BCUT2D eigenvalue weighted by Crippen LogP contribution is 2.28. The van der Waals surface area contributed by atoms with Crippen molar-refractivity contribution in [3.05, 3.63) is 101 Å². The van der Waals surface area contributed by atoms with Crippen molar-refractivity contribution in [2.75, 3.05) is 26.1 Å². The van der Waals surface area contributed by atoms with Gasteiger partial charge in [-0.2, -0.15) is 0 Å². The second-order valence-corrected chi connectivity index (χ2v) is 7.00. The molecule has 0 aromatic heterocycles. The average Bonchev–Trinajstić information content (AvgIpc) is 2.77. The lowest BCUT2D eigenvalue weighted by atomic mass is 9.94. The highest BCUT2D eigenvalue weighted by atomic mass is 16.5. The first-order valence-electron chi connectivity index (χ1n) is 9.40. The fourth-order valence-electron chi connectivity index (χ4n) is 3.06. The van der Waals surface area contributed by atoms with Crippen LogP contribution in [0.4, 0.5) is 5.69 Å². The summed E-state index contributed by atoms with van der Waals surface area (Å²) in [7, 11) is 5.33. The second kappa shape index (κ2) is 9.09. The Morgan fingerprint density at radius 2 is 1.23 bits per heavy atom. The Kier molecular flexibility index (Phi) is 6.32. The predicted octanol–water partition coefficient (Wildman–Crippen LogP) is 4.83. The number of benzene rings is 3. The van der Waals surface area contributed by atoms with Gasteiger partial charge in [-0.15, -0.1) is 0 Å². The second-order valence-electron chi connectivity index (χ2n) is 7.00. The molecular weight excluding hydrogens is 378 g/mol. The summed E-state index contributed by atoms with van der Waals surface area (Å²) >= 11 is 0. The van der Waals surface area contributed by atoms with E-state index in [0.29, 0.717) is 5.56 Å². The van der Waals surface area contributed by atoms with Crippen LogP contribution in [0.2, 0.25) is 0 Å². The van der Waals surface area contributed by atoms with Gasteiger partial charge in [0.15, 0.2) is 0 Å². The maximum absolute atomic E-state index is 11.7. The molecule has 0 heterocycles. The van der Waals surface area contributed by atoms with Gasteiger partial charge in [0.05, 0.1) is 18.2 Å². The van der Waals surface area contributed by atoms with Gasteiger partial charge >= 0.3 is 11.9 Å². The molecule has 3 aromatic carbocycles. The van der Waals surface area contributed by atoms with Crippen molar-refractivity contribution >= 4 is 29.3 Å². The first-order chi connectivity index (χ1) is 14.4. The van der Waals surface area contributed by atoms with Crippen LogP contribution in [0.25, 0.3) is 11.6 Å². The molecule has 152 valence electrons. The molecule has 0 spiro atoms. The minimum atomic E-state index is -0.964. The number of rotatable bonds is 6. The Morgan fingerprint density at radius 3 is 1.67 bits per heavy atom. The zero-order chi connectivity index (χ0) is 21.7. The van der Waals surface area contributed by atoms with Crippen molar-refractivity contribution in [1.82, 2.24) is 0 Å². The highest BCUT2D eigenvalue weighted by molar-refractivity contribution is 5.95. The lowest BCUT2D eigenvalue weighted by molar-refractivity contribution is 0.0599. The number of ether oxygens (including phenoxy) is 1. The predicted molar refractivity (Wildman–Crippen MR) is 119 cm³/mol. The summed E-state index contributed by atoms with van der Waals surface area (Å²) in [4.78, 5) is 25.0. The number of anilines is 1. The molecular formula is C25H23NO4. The Morgan fingerprint density at radius 1 is 0.767 bits per heavy atom. The standard InChI is InChI=1S/C25H23NO4/c1-26(2)22-14-4-17(5-15-22)16-23(18-6-10-20(11-7-18)24(27)28)19-8-12-21(13-9-19)25(29)30-3/h4-16H,1-3H3,(H,27,28). The Bertz CT molecular complexity index is 1060. The van der Waals surface area contributed by atoms with Gasteiger partial charge in [0.25, 0.3) is 0 Å². The minimum absolute atomic E-state index is 0.231. The number of carboxylic acids is 1. The van der Waals surface area contributed by atoms with E-state index in [1.54, 1.807) is 36.4 Å². The number of hydrogen-bond acceptors (Lipinski definition) is 4. The van der Waals surface area contributed by atoms with E-state index in [4.69, 9.17) is 4.74 Å². The molecule has 3 rings (SSSR count). The Balaban J connectivity index is 2.06. The van der Waals surface area contributed by atoms with E-state index in [-0.39, 0.29) is 5.56 Å². The zero-order valence-electron chi connectivity index (χ0n) is 17.1. The van der Waals surface area contributed by atoms with Crippen molar-refractivity contribution in [2.24, 2.45) is 0 Å². The third-order valence-electron chi connectivity index (χ3n) is 4.78. The number of carboxylic acid groups (broad SMARTS) is 1. The molecule has 3 aromatic rings. The number of carbonyl (C=O) groups is 2. The molecule has 5 heteroatoms. The van der Waals surface area contributed by atoms with Crippen LogP contribution in [-0.2, 0) is 4.74 Å². The number of methoxy groups -OCH3 is 1. The molecule has 0 fully saturated rings. The number of esters is 1. The molecule has 0 atom stereocenters. The lowest BCUT2D eigenvalue weighted by Gasteiger charge is -2.13.